The number of thiazole rings is 1. The first-order chi connectivity index (χ1) is 19.7. The van der Waals surface area contributed by atoms with E-state index in [1.807, 2.05) is 31.4 Å². The van der Waals surface area contributed by atoms with Gasteiger partial charge in [0.05, 0.1) is 14.4 Å². The lowest BCUT2D eigenvalue weighted by Gasteiger charge is -2.34. The molecule has 13 heteroatoms. The van der Waals surface area contributed by atoms with Gasteiger partial charge in [-0.25, -0.2) is 15.2 Å². The van der Waals surface area contributed by atoms with Gasteiger partial charge in [-0.2, -0.15) is 0 Å². The molecule has 0 unspecified atom stereocenters. The van der Waals surface area contributed by atoms with Crippen LogP contribution >= 0.6 is 33.9 Å². The van der Waals surface area contributed by atoms with E-state index in [1.54, 1.807) is 20.8 Å². The topological polar surface area (TPSA) is 157 Å². The number of carbonyl (C=O) groups is 3. The number of carboxylic acid groups (broad SMARTS) is 1. The van der Waals surface area contributed by atoms with Crippen LogP contribution in [-0.4, -0.2) is 74.0 Å². The van der Waals surface area contributed by atoms with E-state index in [9.17, 15) is 24.6 Å². The van der Waals surface area contributed by atoms with Crippen molar-refractivity contribution < 1.29 is 29.3 Å². The molecule has 0 radical (unpaired) electrons. The van der Waals surface area contributed by atoms with Gasteiger partial charge in [0.2, 0.25) is 0 Å². The third-order valence-electron chi connectivity index (χ3n) is 6.90. The number of nitrogens with zero attached hydrogens (tertiary/aromatic N) is 2. The van der Waals surface area contributed by atoms with Crippen LogP contribution < -0.4 is 10.7 Å². The first kappa shape index (κ1) is 32.2. The fraction of sp³-hybridized carbons (Fsp3) is 0.517. The van der Waals surface area contributed by atoms with E-state index in [1.165, 1.54) is 16.3 Å². The van der Waals surface area contributed by atoms with Gasteiger partial charge in [0, 0.05) is 41.4 Å². The number of nitrogens with one attached hydrogen (secondary N) is 3. The predicted octanol–water partition coefficient (Wildman–Crippen LogP) is 4.47. The summed E-state index contributed by atoms with van der Waals surface area (Å²) in [5, 5.41) is 26.8. The first-order valence-corrected chi connectivity index (χ1v) is 15.8. The minimum Gasteiger partial charge on any atom is -0.480 e. The molecule has 11 nitrogen and oxygen atoms in total. The third-order valence-corrected chi connectivity index (χ3v) is 8.69. The van der Waals surface area contributed by atoms with E-state index >= 15 is 0 Å². The maximum Gasteiger partial charge on any atom is 0.408 e. The molecule has 0 bridgehead atoms. The highest BCUT2D eigenvalue weighted by molar-refractivity contribution is 14.1. The largest absolute Gasteiger partial charge is 0.480 e. The van der Waals surface area contributed by atoms with Crippen molar-refractivity contribution >= 4 is 62.8 Å². The van der Waals surface area contributed by atoms with E-state index in [4.69, 9.17) is 9.72 Å². The van der Waals surface area contributed by atoms with Crippen molar-refractivity contribution in [2.75, 3.05) is 13.2 Å². The summed E-state index contributed by atoms with van der Waals surface area (Å²) >= 11 is 3.67. The van der Waals surface area contributed by atoms with Crippen LogP contribution in [-0.2, 0) is 27.2 Å². The Labute approximate surface area is 262 Å². The molecule has 1 aromatic carbocycles. The maximum atomic E-state index is 13.5. The Bertz CT molecular complexity index is 1460. The van der Waals surface area contributed by atoms with Gasteiger partial charge in [-0.15, -0.1) is 11.3 Å². The fourth-order valence-corrected chi connectivity index (χ4v) is 6.38. The second kappa shape index (κ2) is 12.9. The number of aromatic amines is 1. The van der Waals surface area contributed by atoms with Crippen molar-refractivity contribution in [3.8, 4) is 11.3 Å². The summed E-state index contributed by atoms with van der Waals surface area (Å²) in [5.74, 6) is -1.49. The lowest BCUT2D eigenvalue weighted by molar-refractivity contribution is -0.147. The normalized spacial score (nSPS) is 16.8. The zero-order valence-corrected chi connectivity index (χ0v) is 27.4. The van der Waals surface area contributed by atoms with Gasteiger partial charge in [0.25, 0.3) is 5.91 Å². The third kappa shape index (κ3) is 7.99. The zero-order valence-electron chi connectivity index (χ0n) is 24.4. The van der Waals surface area contributed by atoms with Gasteiger partial charge < -0.3 is 25.3 Å². The van der Waals surface area contributed by atoms with Crippen LogP contribution in [0.2, 0.25) is 0 Å². The quantitative estimate of drug-likeness (QED) is 0.204. The van der Waals surface area contributed by atoms with Gasteiger partial charge >= 0.3 is 12.1 Å². The van der Waals surface area contributed by atoms with Crippen molar-refractivity contribution in [2.45, 2.75) is 78.0 Å². The van der Waals surface area contributed by atoms with Crippen LogP contribution in [0.15, 0.2) is 23.6 Å². The molecule has 0 aliphatic carbocycles. The molecule has 2 aromatic heterocycles. The van der Waals surface area contributed by atoms with Gasteiger partial charge in [0.15, 0.2) is 0 Å². The van der Waals surface area contributed by atoms with Crippen LogP contribution in [0.4, 0.5) is 4.79 Å². The number of halogens is 1. The molecule has 0 spiro atoms. The van der Waals surface area contributed by atoms with E-state index in [0.717, 1.165) is 31.4 Å². The Morgan fingerprint density at radius 3 is 2.67 bits per heavy atom. The maximum absolute atomic E-state index is 13.5. The molecule has 5 N–H and O–H groups in total. The van der Waals surface area contributed by atoms with Crippen LogP contribution in [0.1, 0.15) is 58.0 Å². The molecule has 0 saturated carbocycles. The predicted molar refractivity (Wildman–Crippen MR) is 169 cm³/mol. The number of aliphatic hydroxyl groups is 1. The Morgan fingerprint density at radius 1 is 1.26 bits per heavy atom. The Morgan fingerprint density at radius 2 is 2.00 bits per heavy atom. The van der Waals surface area contributed by atoms with Crippen LogP contribution in [0, 0.1) is 9.12 Å². The van der Waals surface area contributed by atoms with Crippen LogP contribution in [0.3, 0.4) is 0 Å². The minimum absolute atomic E-state index is 0.0754. The number of aromatic nitrogens is 2. The number of hydrazine groups is 1. The molecule has 1 aliphatic heterocycles. The van der Waals surface area contributed by atoms with Gasteiger partial charge in [-0.1, -0.05) is 19.9 Å². The summed E-state index contributed by atoms with van der Waals surface area (Å²) in [6, 6.07) is 4.19. The Balaban J connectivity index is 1.58. The number of carbonyl (C=O) groups excluding carboxylic acids is 2. The lowest BCUT2D eigenvalue weighted by Crippen LogP contribution is -2.60. The summed E-state index contributed by atoms with van der Waals surface area (Å²) in [6.45, 7) is 9.66. The number of carboxylic acids is 1. The average Bonchev–Trinajstić information content (AvgIpc) is 3.50. The van der Waals surface area contributed by atoms with Gasteiger partial charge in [-0.3, -0.25) is 14.6 Å². The van der Waals surface area contributed by atoms with Gasteiger partial charge in [0.1, 0.15) is 17.7 Å². The van der Waals surface area contributed by atoms with Crippen LogP contribution in [0.25, 0.3) is 22.2 Å². The number of fused-ring (bicyclic) bond motifs is 1. The van der Waals surface area contributed by atoms with Crippen molar-refractivity contribution in [2.24, 2.45) is 5.41 Å². The summed E-state index contributed by atoms with van der Waals surface area (Å²) in [6.07, 6.45) is 1.01. The smallest absolute Gasteiger partial charge is 0.408 e. The molecule has 42 heavy (non-hydrogen) atoms. The van der Waals surface area contributed by atoms with Crippen molar-refractivity contribution in [1.29, 1.82) is 0 Å². The fourth-order valence-electron chi connectivity index (χ4n) is 4.75. The molecule has 2 atom stereocenters. The summed E-state index contributed by atoms with van der Waals surface area (Å²) in [4.78, 5) is 45.9. The minimum atomic E-state index is -1.04. The van der Waals surface area contributed by atoms with Gasteiger partial charge in [-0.05, 0) is 85.7 Å². The number of H-pyrrole nitrogens is 1. The summed E-state index contributed by atoms with van der Waals surface area (Å²) < 4.78 is 6.44. The number of aliphatic carboxylic acids is 1. The first-order valence-electron chi connectivity index (χ1n) is 13.8. The van der Waals surface area contributed by atoms with Crippen LogP contribution in [0.5, 0.6) is 0 Å². The Hall–Kier alpha value is -2.75. The standard InChI is InChI=1S/C29H38IN5O6S/c1-28(2,3)41-27(40)33-21(25(37)35-10-6-7-20(34-35)26(38)39)12-23-31-22(14-42-23)16-8-9-19-17(11-16)18(24(30)32-19)13-29(4,5)15-36/h8-9,11,14,20-21,32,34,36H,6-7,10,12-13,15H2,1-5H3,(H,33,40)(H,38,39)/t20-,21-/m0/s1. The highest BCUT2D eigenvalue weighted by Gasteiger charge is 2.34. The molecule has 228 valence electrons. The number of hydrogen-bond acceptors (Lipinski definition) is 8. The van der Waals surface area contributed by atoms with E-state index < -0.39 is 35.7 Å². The number of ether oxygens (including phenoxy) is 1. The SMILES string of the molecule is CC(C)(CO)Cc1c(I)[nH]c2ccc(-c3csc(C[C@H](NC(=O)OC(C)(C)C)C(=O)N4CCC[C@@H](C(=O)O)N4)n3)cc12. The lowest BCUT2D eigenvalue weighted by atomic mass is 9.86. The highest BCUT2D eigenvalue weighted by atomic mass is 127. The number of alkyl carbamates (subject to hydrolysis) is 1. The van der Waals surface area contributed by atoms with Crippen molar-refractivity contribution in [3.63, 3.8) is 0 Å². The average molecular weight is 712 g/mol. The number of rotatable bonds is 9. The number of benzene rings is 1. The number of amides is 2. The number of aliphatic hydroxyl groups excluding tert-OH is 1. The van der Waals surface area contributed by atoms with Crippen molar-refractivity contribution in [3.05, 3.63) is 37.9 Å². The molecule has 1 fully saturated rings. The van der Waals surface area contributed by atoms with E-state index in [0.29, 0.717) is 30.8 Å². The monoisotopic (exact) mass is 711 g/mol. The van der Waals surface area contributed by atoms with E-state index in [2.05, 4.69) is 44.4 Å². The molecule has 3 aromatic rings. The molecule has 2 amide bonds. The summed E-state index contributed by atoms with van der Waals surface area (Å²) in [5.41, 5.74) is 5.54. The molecular formula is C29H38IN5O6S. The van der Waals surface area contributed by atoms with E-state index in [-0.39, 0.29) is 18.4 Å². The molecular weight excluding hydrogens is 673 g/mol. The molecule has 1 aliphatic rings. The second-order valence-electron chi connectivity index (χ2n) is 12.4. The molecule has 3 heterocycles. The van der Waals surface area contributed by atoms with Crippen molar-refractivity contribution in [1.82, 2.24) is 25.7 Å². The summed E-state index contributed by atoms with van der Waals surface area (Å²) in [7, 11) is 0. The zero-order chi connectivity index (χ0) is 30.8. The second-order valence-corrected chi connectivity index (χ2v) is 14.4. The molecule has 1 saturated heterocycles. The molecule has 4 rings (SSSR count). The highest BCUT2D eigenvalue weighted by Crippen LogP contribution is 2.34. The number of hydrogen-bond donors (Lipinski definition) is 5. The Kier molecular flexibility index (Phi) is 9.85.